The first kappa shape index (κ1) is 12.9. The molecule has 2 N–H and O–H groups in total. The molecule has 0 amide bonds. The highest BCUT2D eigenvalue weighted by Crippen LogP contribution is 2.46. The predicted molar refractivity (Wildman–Crippen MR) is 78.7 cm³/mol. The molecule has 3 rings (SSSR count). The van der Waals surface area contributed by atoms with Crippen molar-refractivity contribution >= 4 is 5.69 Å². The molecular weight excluding hydrogens is 236 g/mol. The second-order valence-corrected chi connectivity index (χ2v) is 6.75. The van der Waals surface area contributed by atoms with Gasteiger partial charge in [0.1, 0.15) is 0 Å². The molecule has 1 aromatic rings. The Labute approximate surface area is 115 Å². The highest BCUT2D eigenvalue weighted by molar-refractivity contribution is 5.63. The van der Waals surface area contributed by atoms with Gasteiger partial charge in [0.05, 0.1) is 0 Å². The number of hydrogen-bond donors (Lipinski definition) is 1. The Morgan fingerprint density at radius 2 is 1.95 bits per heavy atom. The summed E-state index contributed by atoms with van der Waals surface area (Å²) in [5, 5.41) is 0. The summed E-state index contributed by atoms with van der Waals surface area (Å²) in [6, 6.07) is 8.83. The number of para-hydroxylation sites is 1. The number of benzene rings is 1. The van der Waals surface area contributed by atoms with Crippen molar-refractivity contribution in [2.45, 2.75) is 37.6 Å². The molecule has 3 nitrogen and oxygen atoms in total. The molecule has 0 aromatic heterocycles. The largest absolute Gasteiger partial charge is 0.381 e. The summed E-state index contributed by atoms with van der Waals surface area (Å²) in [5.74, 6) is 0. The molecule has 1 fully saturated rings. The van der Waals surface area contributed by atoms with Crippen LogP contribution in [0.2, 0.25) is 0 Å². The third-order valence-electron chi connectivity index (χ3n) is 4.36. The third-order valence-corrected chi connectivity index (χ3v) is 4.36. The van der Waals surface area contributed by atoms with Gasteiger partial charge in [-0.1, -0.05) is 18.2 Å². The van der Waals surface area contributed by atoms with Crippen LogP contribution in [-0.2, 0) is 10.2 Å². The minimum absolute atomic E-state index is 0.163. The summed E-state index contributed by atoms with van der Waals surface area (Å²) in [6.07, 6.45) is 2.26. The molecule has 0 bridgehead atoms. The van der Waals surface area contributed by atoms with Crippen LogP contribution in [-0.4, -0.2) is 31.8 Å². The molecular formula is C16H24N2O. The molecule has 0 unspecified atom stereocenters. The molecule has 1 saturated heterocycles. The molecule has 0 aliphatic carbocycles. The summed E-state index contributed by atoms with van der Waals surface area (Å²) in [6.45, 7) is 7.97. The summed E-state index contributed by atoms with van der Waals surface area (Å²) in [4.78, 5) is 2.47. The Morgan fingerprint density at radius 3 is 2.63 bits per heavy atom. The van der Waals surface area contributed by atoms with E-state index in [-0.39, 0.29) is 5.54 Å². The molecule has 104 valence electrons. The van der Waals surface area contributed by atoms with Gasteiger partial charge in [-0.05, 0) is 38.3 Å². The lowest BCUT2D eigenvalue weighted by Crippen LogP contribution is -2.47. The van der Waals surface area contributed by atoms with E-state index in [1.807, 2.05) is 0 Å². The number of hydrogen-bond acceptors (Lipinski definition) is 3. The van der Waals surface area contributed by atoms with Crippen molar-refractivity contribution in [2.75, 3.05) is 31.2 Å². The van der Waals surface area contributed by atoms with Gasteiger partial charge in [-0.2, -0.15) is 0 Å². The van der Waals surface area contributed by atoms with Crippen molar-refractivity contribution in [1.29, 1.82) is 0 Å². The molecule has 0 saturated carbocycles. The molecule has 1 spiro atoms. The number of ether oxygens (including phenoxy) is 1. The Kier molecular flexibility index (Phi) is 3.06. The van der Waals surface area contributed by atoms with E-state index in [1.165, 1.54) is 11.3 Å². The monoisotopic (exact) mass is 260 g/mol. The highest BCUT2D eigenvalue weighted by Gasteiger charge is 2.44. The summed E-state index contributed by atoms with van der Waals surface area (Å²) >= 11 is 0. The standard InChI is InChI=1S/C16H24N2O/c1-15(2,17)11-18-12-16(7-9-19-10-8-16)13-5-3-4-6-14(13)18/h3-6H,7-12,17H2,1-2H3. The van der Waals surface area contributed by atoms with Crippen LogP contribution in [0.1, 0.15) is 32.3 Å². The van der Waals surface area contributed by atoms with Crippen LogP contribution >= 0.6 is 0 Å². The van der Waals surface area contributed by atoms with Crippen molar-refractivity contribution in [1.82, 2.24) is 0 Å². The van der Waals surface area contributed by atoms with Crippen LogP contribution < -0.4 is 10.6 Å². The van der Waals surface area contributed by atoms with Gasteiger partial charge in [-0.25, -0.2) is 0 Å². The summed E-state index contributed by atoms with van der Waals surface area (Å²) in [5.41, 5.74) is 9.23. The van der Waals surface area contributed by atoms with Gasteiger partial charge in [0.15, 0.2) is 0 Å². The predicted octanol–water partition coefficient (Wildman–Crippen LogP) is 2.29. The molecule has 0 radical (unpaired) electrons. The minimum atomic E-state index is -0.163. The smallest absolute Gasteiger partial charge is 0.0475 e. The first-order valence-corrected chi connectivity index (χ1v) is 7.21. The van der Waals surface area contributed by atoms with Crippen molar-refractivity contribution in [3.05, 3.63) is 29.8 Å². The molecule has 2 aliphatic rings. The fourth-order valence-corrected chi connectivity index (χ4v) is 3.56. The van der Waals surface area contributed by atoms with E-state index >= 15 is 0 Å². The fourth-order valence-electron chi connectivity index (χ4n) is 3.56. The van der Waals surface area contributed by atoms with E-state index < -0.39 is 0 Å². The van der Waals surface area contributed by atoms with E-state index in [0.29, 0.717) is 5.41 Å². The zero-order valence-electron chi connectivity index (χ0n) is 12.0. The van der Waals surface area contributed by atoms with Gasteiger partial charge in [0, 0.05) is 42.9 Å². The Balaban J connectivity index is 1.95. The van der Waals surface area contributed by atoms with Crippen molar-refractivity contribution < 1.29 is 4.74 Å². The van der Waals surface area contributed by atoms with Crippen LogP contribution in [0.15, 0.2) is 24.3 Å². The topological polar surface area (TPSA) is 38.5 Å². The quantitative estimate of drug-likeness (QED) is 0.886. The number of fused-ring (bicyclic) bond motifs is 2. The number of rotatable bonds is 2. The second-order valence-electron chi connectivity index (χ2n) is 6.75. The van der Waals surface area contributed by atoms with Gasteiger partial charge in [0.2, 0.25) is 0 Å². The molecule has 0 atom stereocenters. The highest BCUT2D eigenvalue weighted by atomic mass is 16.5. The Hall–Kier alpha value is -1.06. The van der Waals surface area contributed by atoms with E-state index in [4.69, 9.17) is 10.5 Å². The molecule has 2 aliphatic heterocycles. The van der Waals surface area contributed by atoms with E-state index in [9.17, 15) is 0 Å². The lowest BCUT2D eigenvalue weighted by Gasteiger charge is -2.35. The zero-order valence-corrected chi connectivity index (χ0v) is 12.0. The lowest BCUT2D eigenvalue weighted by molar-refractivity contribution is 0.0552. The third kappa shape index (κ3) is 2.37. The summed E-state index contributed by atoms with van der Waals surface area (Å²) < 4.78 is 5.56. The normalized spacial score (nSPS) is 21.7. The number of anilines is 1. The molecule has 19 heavy (non-hydrogen) atoms. The SMILES string of the molecule is CC(C)(N)CN1CC2(CCOCC2)c2ccccc21. The van der Waals surface area contributed by atoms with E-state index in [0.717, 1.165) is 39.1 Å². The van der Waals surface area contributed by atoms with Crippen LogP contribution in [0.5, 0.6) is 0 Å². The molecule has 2 heterocycles. The number of nitrogens with zero attached hydrogens (tertiary/aromatic N) is 1. The van der Waals surface area contributed by atoms with Crippen LogP contribution in [0.3, 0.4) is 0 Å². The average molecular weight is 260 g/mol. The van der Waals surface area contributed by atoms with Crippen molar-refractivity contribution in [3.63, 3.8) is 0 Å². The van der Waals surface area contributed by atoms with Crippen LogP contribution in [0.25, 0.3) is 0 Å². The second kappa shape index (κ2) is 4.50. The summed E-state index contributed by atoms with van der Waals surface area (Å²) in [7, 11) is 0. The molecule has 1 aromatic carbocycles. The molecule has 3 heteroatoms. The van der Waals surface area contributed by atoms with Gasteiger partial charge in [0.25, 0.3) is 0 Å². The van der Waals surface area contributed by atoms with Crippen LogP contribution in [0, 0.1) is 0 Å². The first-order valence-electron chi connectivity index (χ1n) is 7.21. The van der Waals surface area contributed by atoms with Gasteiger partial charge in [-0.3, -0.25) is 0 Å². The Morgan fingerprint density at radius 1 is 1.26 bits per heavy atom. The van der Waals surface area contributed by atoms with E-state index in [2.05, 4.69) is 43.0 Å². The zero-order chi connectivity index (χ0) is 13.5. The van der Waals surface area contributed by atoms with Gasteiger partial charge in [-0.15, -0.1) is 0 Å². The number of nitrogens with two attached hydrogens (primary N) is 1. The first-order chi connectivity index (χ1) is 9.00. The van der Waals surface area contributed by atoms with Gasteiger partial charge >= 0.3 is 0 Å². The van der Waals surface area contributed by atoms with Gasteiger partial charge < -0.3 is 15.4 Å². The lowest BCUT2D eigenvalue weighted by atomic mass is 9.76. The van der Waals surface area contributed by atoms with Crippen molar-refractivity contribution in [2.24, 2.45) is 5.73 Å². The maximum Gasteiger partial charge on any atom is 0.0475 e. The maximum absolute atomic E-state index is 6.22. The fraction of sp³-hybridized carbons (Fsp3) is 0.625. The van der Waals surface area contributed by atoms with Crippen molar-refractivity contribution in [3.8, 4) is 0 Å². The average Bonchev–Trinajstić information content (AvgIpc) is 2.64. The van der Waals surface area contributed by atoms with E-state index in [1.54, 1.807) is 0 Å². The van der Waals surface area contributed by atoms with Crippen LogP contribution in [0.4, 0.5) is 5.69 Å². The maximum atomic E-state index is 6.22. The Bertz CT molecular complexity index is 458. The minimum Gasteiger partial charge on any atom is -0.381 e.